The molecule has 0 radical (unpaired) electrons. The van der Waals surface area contributed by atoms with Crippen molar-refractivity contribution in [3.63, 3.8) is 0 Å². The van der Waals surface area contributed by atoms with Gasteiger partial charge in [-0.3, -0.25) is 0 Å². The van der Waals surface area contributed by atoms with Crippen molar-refractivity contribution in [1.82, 2.24) is 4.90 Å². The molecular formula is C20H29NO2. The van der Waals surface area contributed by atoms with Gasteiger partial charge in [0.1, 0.15) is 5.75 Å². The highest BCUT2D eigenvalue weighted by atomic mass is 16.5. The lowest BCUT2D eigenvalue weighted by molar-refractivity contribution is -0.00475. The second-order valence-corrected chi connectivity index (χ2v) is 7.97. The summed E-state index contributed by atoms with van der Waals surface area (Å²) in [6, 6.07) is 8.60. The van der Waals surface area contributed by atoms with E-state index in [0.717, 1.165) is 30.9 Å². The van der Waals surface area contributed by atoms with Gasteiger partial charge in [0.2, 0.25) is 0 Å². The van der Waals surface area contributed by atoms with Crippen LogP contribution in [0.4, 0.5) is 0 Å². The van der Waals surface area contributed by atoms with E-state index in [4.69, 9.17) is 4.74 Å². The average Bonchev–Trinajstić information content (AvgIpc) is 3.39. The third kappa shape index (κ3) is 3.01. The average molecular weight is 315 g/mol. The molecule has 23 heavy (non-hydrogen) atoms. The molecule has 3 aliphatic rings. The highest BCUT2D eigenvalue weighted by molar-refractivity contribution is 5.36. The van der Waals surface area contributed by atoms with Gasteiger partial charge in [-0.25, -0.2) is 0 Å². The Hall–Kier alpha value is -1.06. The number of likely N-dealkylation sites (tertiary alicyclic amines) is 1. The van der Waals surface area contributed by atoms with Gasteiger partial charge in [0.15, 0.2) is 0 Å². The lowest BCUT2D eigenvalue weighted by atomic mass is 9.58. The number of rotatable bonds is 4. The molecular weight excluding hydrogens is 286 g/mol. The maximum atomic E-state index is 10.4. The van der Waals surface area contributed by atoms with Crippen molar-refractivity contribution >= 4 is 0 Å². The van der Waals surface area contributed by atoms with Gasteiger partial charge >= 0.3 is 0 Å². The van der Waals surface area contributed by atoms with Gasteiger partial charge in [-0.05, 0) is 74.6 Å². The first-order chi connectivity index (χ1) is 11.2. The molecule has 0 spiro atoms. The van der Waals surface area contributed by atoms with Crippen LogP contribution in [0.25, 0.3) is 0 Å². The van der Waals surface area contributed by atoms with Gasteiger partial charge < -0.3 is 14.7 Å². The summed E-state index contributed by atoms with van der Waals surface area (Å²) in [5.41, 5.74) is 1.53. The van der Waals surface area contributed by atoms with Crippen molar-refractivity contribution in [3.8, 4) is 5.75 Å². The summed E-state index contributed by atoms with van der Waals surface area (Å²) in [5, 5.41) is 10.4. The summed E-state index contributed by atoms with van der Waals surface area (Å²) < 4.78 is 5.46. The smallest absolute Gasteiger partial charge is 0.119 e. The molecule has 126 valence electrons. The van der Waals surface area contributed by atoms with Crippen LogP contribution in [0.15, 0.2) is 24.3 Å². The van der Waals surface area contributed by atoms with Gasteiger partial charge in [0.25, 0.3) is 0 Å². The van der Waals surface area contributed by atoms with Crippen molar-refractivity contribution in [1.29, 1.82) is 0 Å². The van der Waals surface area contributed by atoms with Crippen LogP contribution in [0.3, 0.4) is 0 Å². The topological polar surface area (TPSA) is 32.7 Å². The number of piperidine rings is 1. The van der Waals surface area contributed by atoms with Gasteiger partial charge in [0, 0.05) is 18.5 Å². The summed E-state index contributed by atoms with van der Waals surface area (Å²) in [7, 11) is 1.74. The number of hydrogen-bond donors (Lipinski definition) is 1. The van der Waals surface area contributed by atoms with Gasteiger partial charge in [0.05, 0.1) is 13.2 Å². The van der Waals surface area contributed by atoms with E-state index in [1.807, 2.05) is 6.07 Å². The fourth-order valence-corrected chi connectivity index (χ4v) is 4.95. The molecule has 1 saturated heterocycles. The zero-order chi connectivity index (χ0) is 15.9. The quantitative estimate of drug-likeness (QED) is 0.926. The van der Waals surface area contributed by atoms with E-state index < -0.39 is 0 Å². The van der Waals surface area contributed by atoms with Crippen LogP contribution in [0.1, 0.15) is 44.1 Å². The molecule has 1 aromatic carbocycles. The first-order valence-electron chi connectivity index (χ1n) is 9.24. The minimum Gasteiger partial charge on any atom is -0.497 e. The Morgan fingerprint density at radius 2 is 2.13 bits per heavy atom. The molecule has 3 fully saturated rings. The SMILES string of the molecule is COc1cccc(C23CCN(CC4CC4)CC2CCC(O)C3)c1. The number of aliphatic hydroxyl groups is 1. The van der Waals surface area contributed by atoms with Crippen LogP contribution in [0, 0.1) is 11.8 Å². The fourth-order valence-electron chi connectivity index (χ4n) is 4.95. The molecule has 0 amide bonds. The third-order valence-electron chi connectivity index (χ3n) is 6.44. The maximum Gasteiger partial charge on any atom is 0.119 e. The molecule has 3 unspecified atom stereocenters. The van der Waals surface area contributed by atoms with Crippen LogP contribution in [-0.4, -0.2) is 42.9 Å². The van der Waals surface area contributed by atoms with Crippen molar-refractivity contribution in [2.45, 2.75) is 50.0 Å². The van der Waals surface area contributed by atoms with Crippen molar-refractivity contribution in [2.24, 2.45) is 11.8 Å². The van der Waals surface area contributed by atoms with E-state index in [9.17, 15) is 5.11 Å². The normalized spacial score (nSPS) is 34.9. The zero-order valence-electron chi connectivity index (χ0n) is 14.2. The molecule has 3 atom stereocenters. The number of nitrogens with zero attached hydrogens (tertiary/aromatic N) is 1. The van der Waals surface area contributed by atoms with Crippen LogP contribution in [-0.2, 0) is 5.41 Å². The number of aliphatic hydroxyl groups excluding tert-OH is 1. The lowest BCUT2D eigenvalue weighted by Crippen LogP contribution is -2.54. The van der Waals surface area contributed by atoms with Crippen LogP contribution in [0.2, 0.25) is 0 Å². The standard InChI is InChI=1S/C20H29NO2/c1-23-19-4-2-3-16(11-19)20-9-10-21(13-15-5-6-15)14-17(20)7-8-18(22)12-20/h2-4,11,15,17-18,22H,5-10,12-14H2,1H3. The Labute approximate surface area is 139 Å². The van der Waals surface area contributed by atoms with E-state index in [-0.39, 0.29) is 11.5 Å². The predicted octanol–water partition coefficient (Wildman–Crippen LogP) is 3.21. The largest absolute Gasteiger partial charge is 0.497 e. The van der Waals surface area contributed by atoms with Gasteiger partial charge in [-0.15, -0.1) is 0 Å². The molecule has 2 aliphatic carbocycles. The molecule has 0 bridgehead atoms. The van der Waals surface area contributed by atoms with Crippen LogP contribution >= 0.6 is 0 Å². The fraction of sp³-hybridized carbons (Fsp3) is 0.700. The van der Waals surface area contributed by atoms with E-state index in [2.05, 4.69) is 23.1 Å². The van der Waals surface area contributed by atoms with Crippen molar-refractivity contribution < 1.29 is 9.84 Å². The molecule has 1 N–H and O–H groups in total. The number of methoxy groups -OCH3 is 1. The maximum absolute atomic E-state index is 10.4. The molecule has 1 aromatic rings. The number of fused-ring (bicyclic) bond motifs is 1. The number of hydrogen-bond acceptors (Lipinski definition) is 3. The molecule has 4 rings (SSSR count). The monoisotopic (exact) mass is 315 g/mol. The number of benzene rings is 1. The molecule has 1 heterocycles. The van der Waals surface area contributed by atoms with E-state index in [1.165, 1.54) is 44.5 Å². The molecule has 3 heteroatoms. The number of ether oxygens (including phenoxy) is 1. The minimum absolute atomic E-state index is 0.145. The Morgan fingerprint density at radius 3 is 2.91 bits per heavy atom. The molecule has 1 aliphatic heterocycles. The Morgan fingerprint density at radius 1 is 1.26 bits per heavy atom. The second-order valence-electron chi connectivity index (χ2n) is 7.97. The Kier molecular flexibility index (Phi) is 4.10. The molecule has 2 saturated carbocycles. The highest BCUT2D eigenvalue weighted by Crippen LogP contribution is 2.50. The van der Waals surface area contributed by atoms with E-state index >= 15 is 0 Å². The summed E-state index contributed by atoms with van der Waals surface area (Å²) >= 11 is 0. The molecule has 0 aromatic heterocycles. The molecule has 3 nitrogen and oxygen atoms in total. The van der Waals surface area contributed by atoms with Crippen molar-refractivity contribution in [3.05, 3.63) is 29.8 Å². The highest BCUT2D eigenvalue weighted by Gasteiger charge is 2.48. The van der Waals surface area contributed by atoms with Gasteiger partial charge in [-0.1, -0.05) is 12.1 Å². The Balaban J connectivity index is 1.61. The van der Waals surface area contributed by atoms with E-state index in [0.29, 0.717) is 5.92 Å². The first kappa shape index (κ1) is 15.5. The van der Waals surface area contributed by atoms with Gasteiger partial charge in [-0.2, -0.15) is 0 Å². The lowest BCUT2D eigenvalue weighted by Gasteiger charge is -2.52. The summed E-state index contributed by atoms with van der Waals surface area (Å²) in [6.07, 6.45) is 6.93. The van der Waals surface area contributed by atoms with Crippen LogP contribution < -0.4 is 4.74 Å². The summed E-state index contributed by atoms with van der Waals surface area (Å²) in [5.74, 6) is 2.58. The zero-order valence-corrected chi connectivity index (χ0v) is 14.2. The van der Waals surface area contributed by atoms with Crippen LogP contribution in [0.5, 0.6) is 5.75 Å². The van der Waals surface area contributed by atoms with Crippen molar-refractivity contribution in [2.75, 3.05) is 26.7 Å². The minimum atomic E-state index is -0.146. The Bertz CT molecular complexity index is 556. The second kappa shape index (κ2) is 6.10. The first-order valence-corrected chi connectivity index (χ1v) is 9.24. The van der Waals surface area contributed by atoms with E-state index in [1.54, 1.807) is 7.11 Å². The predicted molar refractivity (Wildman–Crippen MR) is 91.8 cm³/mol. The third-order valence-corrected chi connectivity index (χ3v) is 6.44. The summed E-state index contributed by atoms with van der Waals surface area (Å²) in [6.45, 7) is 3.69. The summed E-state index contributed by atoms with van der Waals surface area (Å²) in [4.78, 5) is 2.69.